The zero-order chi connectivity index (χ0) is 14.7. The Bertz CT molecular complexity index is 632. The fraction of sp³-hybridized carbons (Fsp3) is 0.200. The van der Waals surface area contributed by atoms with Crippen molar-refractivity contribution in [3.63, 3.8) is 0 Å². The largest absolute Gasteiger partial charge is 0.504 e. The van der Waals surface area contributed by atoms with Gasteiger partial charge in [0, 0.05) is 33.4 Å². The number of aryl methyl sites for hydroxylation is 1. The molecule has 20 heavy (non-hydrogen) atoms. The van der Waals surface area contributed by atoms with Gasteiger partial charge in [-0.2, -0.15) is 0 Å². The van der Waals surface area contributed by atoms with Crippen LogP contribution in [0.15, 0.2) is 34.8 Å². The molecule has 0 heterocycles. The maximum atomic E-state index is 10.1. The van der Waals surface area contributed by atoms with Gasteiger partial charge < -0.3 is 15.2 Å². The molecule has 0 amide bonds. The summed E-state index contributed by atoms with van der Waals surface area (Å²) in [7, 11) is 1.50. The van der Waals surface area contributed by atoms with E-state index in [-0.39, 0.29) is 5.75 Å². The first-order chi connectivity index (χ1) is 9.51. The maximum Gasteiger partial charge on any atom is 0.162 e. The van der Waals surface area contributed by atoms with Gasteiger partial charge in [-0.05, 0) is 30.7 Å². The molecule has 0 aliphatic rings. The van der Waals surface area contributed by atoms with E-state index >= 15 is 0 Å². The average Bonchev–Trinajstić information content (AvgIpc) is 2.43. The summed E-state index contributed by atoms with van der Waals surface area (Å²) in [6, 6.07) is 9.30. The molecule has 2 rings (SSSR count). The van der Waals surface area contributed by atoms with E-state index in [4.69, 9.17) is 16.3 Å². The lowest BCUT2D eigenvalue weighted by Crippen LogP contribution is -2.01. The Balaban J connectivity index is 2.18. The second kappa shape index (κ2) is 6.37. The molecule has 2 aromatic carbocycles. The van der Waals surface area contributed by atoms with Gasteiger partial charge in [0.25, 0.3) is 0 Å². The van der Waals surface area contributed by atoms with Crippen molar-refractivity contribution in [3.8, 4) is 11.5 Å². The first-order valence-corrected chi connectivity index (χ1v) is 7.23. The van der Waals surface area contributed by atoms with Crippen LogP contribution in [0, 0.1) is 6.92 Å². The third-order valence-corrected chi connectivity index (χ3v) is 4.07. The second-order valence-electron chi connectivity index (χ2n) is 4.43. The summed E-state index contributed by atoms with van der Waals surface area (Å²) in [5.74, 6) is 0.481. The number of methoxy groups -OCH3 is 1. The van der Waals surface area contributed by atoms with Crippen molar-refractivity contribution in [1.82, 2.24) is 0 Å². The molecule has 106 valence electrons. The van der Waals surface area contributed by atoms with E-state index in [1.54, 1.807) is 12.1 Å². The molecular formula is C15H15BrClNO2. The van der Waals surface area contributed by atoms with Gasteiger partial charge in [0.2, 0.25) is 0 Å². The first-order valence-electron chi connectivity index (χ1n) is 6.06. The lowest BCUT2D eigenvalue weighted by atomic mass is 10.1. The third-order valence-electron chi connectivity index (χ3n) is 2.99. The van der Waals surface area contributed by atoms with E-state index in [9.17, 15) is 5.11 Å². The zero-order valence-corrected chi connectivity index (χ0v) is 13.5. The summed E-state index contributed by atoms with van der Waals surface area (Å²) >= 11 is 9.49. The van der Waals surface area contributed by atoms with Crippen molar-refractivity contribution in [1.29, 1.82) is 0 Å². The molecule has 0 aromatic heterocycles. The van der Waals surface area contributed by atoms with Crippen LogP contribution >= 0.6 is 27.5 Å². The number of ether oxygens (including phenoxy) is 1. The second-order valence-corrected chi connectivity index (χ2v) is 5.72. The Morgan fingerprint density at radius 1 is 1.30 bits per heavy atom. The van der Waals surface area contributed by atoms with Crippen LogP contribution < -0.4 is 10.1 Å². The van der Waals surface area contributed by atoms with Gasteiger partial charge in [0.05, 0.1) is 7.11 Å². The van der Waals surface area contributed by atoms with Crippen molar-refractivity contribution in [2.75, 3.05) is 12.4 Å². The molecule has 2 aromatic rings. The molecule has 5 heteroatoms. The fourth-order valence-corrected chi connectivity index (χ4v) is 2.43. The number of hydrogen-bond acceptors (Lipinski definition) is 3. The molecule has 0 fully saturated rings. The SMILES string of the molecule is COc1cc(Cl)cc(CNc2ccc(C)c(Br)c2)c1O. The highest BCUT2D eigenvalue weighted by Gasteiger charge is 2.10. The minimum atomic E-state index is 0.107. The predicted molar refractivity (Wildman–Crippen MR) is 85.9 cm³/mol. The van der Waals surface area contributed by atoms with Crippen LogP contribution in [-0.2, 0) is 6.54 Å². The molecular weight excluding hydrogens is 342 g/mol. The molecule has 0 aliphatic heterocycles. The fourth-order valence-electron chi connectivity index (χ4n) is 1.82. The number of phenolic OH excluding ortho intramolecular Hbond substituents is 1. The van der Waals surface area contributed by atoms with E-state index < -0.39 is 0 Å². The first kappa shape index (κ1) is 15.0. The maximum absolute atomic E-state index is 10.1. The van der Waals surface area contributed by atoms with Gasteiger partial charge >= 0.3 is 0 Å². The van der Waals surface area contributed by atoms with Crippen LogP contribution in [-0.4, -0.2) is 12.2 Å². The average molecular weight is 357 g/mol. The van der Waals surface area contributed by atoms with Crippen molar-refractivity contribution in [2.24, 2.45) is 0 Å². The monoisotopic (exact) mass is 355 g/mol. The normalized spacial score (nSPS) is 10.4. The number of nitrogens with one attached hydrogen (secondary N) is 1. The number of rotatable bonds is 4. The van der Waals surface area contributed by atoms with Crippen LogP contribution in [0.1, 0.15) is 11.1 Å². The molecule has 0 aliphatic carbocycles. The molecule has 0 saturated carbocycles. The molecule has 0 saturated heterocycles. The van der Waals surface area contributed by atoms with Crippen molar-refractivity contribution >= 4 is 33.2 Å². The van der Waals surface area contributed by atoms with Crippen LogP contribution in [0.25, 0.3) is 0 Å². The Morgan fingerprint density at radius 3 is 2.70 bits per heavy atom. The third kappa shape index (κ3) is 3.38. The molecule has 0 spiro atoms. The lowest BCUT2D eigenvalue weighted by Gasteiger charge is -2.12. The summed E-state index contributed by atoms with van der Waals surface area (Å²) in [5.41, 5.74) is 2.81. The quantitative estimate of drug-likeness (QED) is 0.831. The summed E-state index contributed by atoms with van der Waals surface area (Å²) in [5, 5.41) is 13.8. The minimum absolute atomic E-state index is 0.107. The standard InChI is InChI=1S/C15H15BrClNO2/c1-9-3-4-12(7-13(9)16)18-8-10-5-11(17)6-14(20-2)15(10)19/h3-7,18-19H,8H2,1-2H3. The van der Waals surface area contributed by atoms with E-state index in [1.165, 1.54) is 12.7 Å². The topological polar surface area (TPSA) is 41.5 Å². The molecule has 3 nitrogen and oxygen atoms in total. The number of halogens is 2. The zero-order valence-electron chi connectivity index (χ0n) is 11.2. The minimum Gasteiger partial charge on any atom is -0.504 e. The van der Waals surface area contributed by atoms with Gasteiger partial charge in [-0.1, -0.05) is 33.6 Å². The number of aromatic hydroxyl groups is 1. The van der Waals surface area contributed by atoms with Crippen molar-refractivity contribution in [2.45, 2.75) is 13.5 Å². The number of phenols is 1. The highest BCUT2D eigenvalue weighted by atomic mass is 79.9. The van der Waals surface area contributed by atoms with Gasteiger partial charge in [-0.25, -0.2) is 0 Å². The Hall–Kier alpha value is -1.39. The van der Waals surface area contributed by atoms with Gasteiger partial charge in [0.1, 0.15) is 0 Å². The van der Waals surface area contributed by atoms with E-state index in [2.05, 4.69) is 21.2 Å². The summed E-state index contributed by atoms with van der Waals surface area (Å²) in [6.07, 6.45) is 0. The van der Waals surface area contributed by atoms with Gasteiger partial charge in [0.15, 0.2) is 11.5 Å². The predicted octanol–water partition coefficient (Wildman–Crippen LogP) is 4.74. The van der Waals surface area contributed by atoms with E-state index in [0.717, 1.165) is 10.2 Å². The smallest absolute Gasteiger partial charge is 0.162 e. The van der Waals surface area contributed by atoms with Gasteiger partial charge in [-0.3, -0.25) is 0 Å². The Kier molecular flexibility index (Phi) is 4.78. The lowest BCUT2D eigenvalue weighted by molar-refractivity contribution is 0.371. The Labute approximate surface area is 131 Å². The molecule has 0 atom stereocenters. The van der Waals surface area contributed by atoms with Crippen LogP contribution in [0.5, 0.6) is 11.5 Å². The number of anilines is 1. The summed E-state index contributed by atoms with van der Waals surface area (Å²) in [6.45, 7) is 2.49. The van der Waals surface area contributed by atoms with Crippen LogP contribution in [0.2, 0.25) is 5.02 Å². The summed E-state index contributed by atoms with van der Waals surface area (Å²) < 4.78 is 6.12. The highest BCUT2D eigenvalue weighted by molar-refractivity contribution is 9.10. The molecule has 0 radical (unpaired) electrons. The van der Waals surface area contributed by atoms with Crippen molar-refractivity contribution in [3.05, 3.63) is 51.0 Å². The number of benzene rings is 2. The van der Waals surface area contributed by atoms with Crippen LogP contribution in [0.3, 0.4) is 0 Å². The van der Waals surface area contributed by atoms with E-state index in [1.807, 2.05) is 25.1 Å². The summed E-state index contributed by atoms with van der Waals surface area (Å²) in [4.78, 5) is 0. The van der Waals surface area contributed by atoms with E-state index in [0.29, 0.717) is 22.9 Å². The molecule has 0 unspecified atom stereocenters. The van der Waals surface area contributed by atoms with Crippen molar-refractivity contribution < 1.29 is 9.84 Å². The molecule has 2 N–H and O–H groups in total. The molecule has 0 bridgehead atoms. The Morgan fingerprint density at radius 2 is 2.05 bits per heavy atom. The number of hydrogen-bond donors (Lipinski definition) is 2. The highest BCUT2D eigenvalue weighted by Crippen LogP contribution is 2.34. The van der Waals surface area contributed by atoms with Gasteiger partial charge in [-0.15, -0.1) is 0 Å². The van der Waals surface area contributed by atoms with Crippen LogP contribution in [0.4, 0.5) is 5.69 Å².